The van der Waals surface area contributed by atoms with Crippen molar-refractivity contribution in [3.05, 3.63) is 18.0 Å². The lowest BCUT2D eigenvalue weighted by Gasteiger charge is -2.02. The molecule has 104 valence electrons. The second kappa shape index (κ2) is 7.50. The molecule has 0 unspecified atom stereocenters. The smallest absolute Gasteiger partial charge is 0.147 e. The Kier molecular flexibility index (Phi) is 6.31. The Hall–Kier alpha value is -0.920. The normalized spacial score (nSPS) is 11.9. The fourth-order valence-corrected chi connectivity index (χ4v) is 2.16. The SMILES string of the molecule is COCCNCc1ccn(CCCS(C)(=O)=O)n1. The van der Waals surface area contributed by atoms with Crippen molar-refractivity contribution in [3.8, 4) is 0 Å². The Morgan fingerprint density at radius 3 is 2.94 bits per heavy atom. The van der Waals surface area contributed by atoms with Crippen molar-refractivity contribution >= 4 is 9.84 Å². The Morgan fingerprint density at radius 1 is 1.50 bits per heavy atom. The lowest BCUT2D eigenvalue weighted by molar-refractivity contribution is 0.199. The molecule has 1 aromatic heterocycles. The maximum Gasteiger partial charge on any atom is 0.147 e. The molecule has 1 rings (SSSR count). The van der Waals surface area contributed by atoms with Gasteiger partial charge in [0.25, 0.3) is 0 Å². The van der Waals surface area contributed by atoms with Crippen LogP contribution < -0.4 is 5.32 Å². The van der Waals surface area contributed by atoms with Gasteiger partial charge < -0.3 is 10.1 Å². The fraction of sp³-hybridized carbons (Fsp3) is 0.727. The maximum atomic E-state index is 11.0. The Morgan fingerprint density at radius 2 is 2.28 bits per heavy atom. The number of rotatable bonds is 9. The summed E-state index contributed by atoms with van der Waals surface area (Å²) in [5, 5.41) is 7.55. The highest BCUT2D eigenvalue weighted by molar-refractivity contribution is 7.90. The Balaban J connectivity index is 2.26. The van der Waals surface area contributed by atoms with Crippen LogP contribution in [0, 0.1) is 0 Å². The maximum absolute atomic E-state index is 11.0. The van der Waals surface area contributed by atoms with Crippen LogP contribution in [-0.2, 0) is 27.7 Å². The Labute approximate surface area is 108 Å². The summed E-state index contributed by atoms with van der Waals surface area (Å²) in [5.74, 6) is 0.203. The zero-order valence-corrected chi connectivity index (χ0v) is 11.7. The van der Waals surface area contributed by atoms with Gasteiger partial charge in [-0.25, -0.2) is 8.42 Å². The summed E-state index contributed by atoms with van der Waals surface area (Å²) in [6.07, 6.45) is 3.72. The first-order chi connectivity index (χ1) is 8.51. The van der Waals surface area contributed by atoms with Gasteiger partial charge in [0.1, 0.15) is 9.84 Å². The largest absolute Gasteiger partial charge is 0.383 e. The molecule has 0 atom stereocenters. The van der Waals surface area contributed by atoms with E-state index in [4.69, 9.17) is 4.74 Å². The molecular formula is C11H21N3O3S. The molecule has 0 saturated carbocycles. The zero-order valence-electron chi connectivity index (χ0n) is 10.9. The number of nitrogens with one attached hydrogen (secondary N) is 1. The second-order valence-electron chi connectivity index (χ2n) is 4.22. The van der Waals surface area contributed by atoms with Crippen molar-refractivity contribution in [1.29, 1.82) is 0 Å². The van der Waals surface area contributed by atoms with Crippen LogP contribution in [0.5, 0.6) is 0 Å². The number of nitrogens with zero attached hydrogens (tertiary/aromatic N) is 2. The van der Waals surface area contributed by atoms with Crippen LogP contribution in [0.2, 0.25) is 0 Å². The Bertz CT molecular complexity index is 442. The van der Waals surface area contributed by atoms with E-state index >= 15 is 0 Å². The van der Waals surface area contributed by atoms with E-state index in [-0.39, 0.29) is 5.75 Å². The molecule has 0 aliphatic carbocycles. The van der Waals surface area contributed by atoms with Crippen LogP contribution in [0.3, 0.4) is 0 Å². The molecule has 1 N–H and O–H groups in total. The number of hydrogen-bond acceptors (Lipinski definition) is 5. The molecule has 0 spiro atoms. The number of aryl methyl sites for hydroxylation is 1. The van der Waals surface area contributed by atoms with Gasteiger partial charge in [-0.15, -0.1) is 0 Å². The summed E-state index contributed by atoms with van der Waals surface area (Å²) in [6, 6.07) is 1.93. The summed E-state index contributed by atoms with van der Waals surface area (Å²) in [5.41, 5.74) is 0.949. The minimum Gasteiger partial charge on any atom is -0.383 e. The van der Waals surface area contributed by atoms with Gasteiger partial charge in [-0.2, -0.15) is 5.10 Å². The monoisotopic (exact) mass is 275 g/mol. The number of hydrogen-bond donors (Lipinski definition) is 1. The van der Waals surface area contributed by atoms with Gasteiger partial charge in [0.05, 0.1) is 18.1 Å². The van der Waals surface area contributed by atoms with Crippen LogP contribution in [0.4, 0.5) is 0 Å². The topological polar surface area (TPSA) is 73.2 Å². The highest BCUT2D eigenvalue weighted by Gasteiger charge is 2.03. The molecule has 6 nitrogen and oxygen atoms in total. The molecule has 0 bridgehead atoms. The molecule has 0 aromatic carbocycles. The van der Waals surface area contributed by atoms with Gasteiger partial charge in [0.15, 0.2) is 0 Å². The molecule has 0 aliphatic heterocycles. The van der Waals surface area contributed by atoms with E-state index < -0.39 is 9.84 Å². The third kappa shape index (κ3) is 6.73. The minimum absolute atomic E-state index is 0.203. The van der Waals surface area contributed by atoms with E-state index in [0.29, 0.717) is 26.1 Å². The van der Waals surface area contributed by atoms with Crippen molar-refractivity contribution < 1.29 is 13.2 Å². The quantitative estimate of drug-likeness (QED) is 0.645. The van der Waals surface area contributed by atoms with Crippen molar-refractivity contribution in [1.82, 2.24) is 15.1 Å². The number of sulfone groups is 1. The van der Waals surface area contributed by atoms with Gasteiger partial charge in [-0.1, -0.05) is 0 Å². The first-order valence-corrected chi connectivity index (χ1v) is 7.97. The van der Waals surface area contributed by atoms with Crippen LogP contribution in [-0.4, -0.2) is 50.5 Å². The highest BCUT2D eigenvalue weighted by atomic mass is 32.2. The van der Waals surface area contributed by atoms with Gasteiger partial charge >= 0.3 is 0 Å². The lowest BCUT2D eigenvalue weighted by Crippen LogP contribution is -2.19. The molecule has 0 radical (unpaired) electrons. The van der Waals surface area contributed by atoms with Crippen molar-refractivity contribution in [2.45, 2.75) is 19.5 Å². The number of methoxy groups -OCH3 is 1. The molecule has 0 aliphatic rings. The minimum atomic E-state index is -2.88. The third-order valence-corrected chi connectivity index (χ3v) is 3.42. The second-order valence-corrected chi connectivity index (χ2v) is 6.48. The van der Waals surface area contributed by atoms with Crippen molar-refractivity contribution in [2.75, 3.05) is 32.3 Å². The van der Waals surface area contributed by atoms with Gasteiger partial charge in [-0.05, 0) is 12.5 Å². The summed E-state index contributed by atoms with van der Waals surface area (Å²) >= 11 is 0. The van der Waals surface area contributed by atoms with Gasteiger partial charge in [0.2, 0.25) is 0 Å². The van der Waals surface area contributed by atoms with E-state index in [9.17, 15) is 8.42 Å². The van der Waals surface area contributed by atoms with Crippen molar-refractivity contribution in [3.63, 3.8) is 0 Å². The average molecular weight is 275 g/mol. The van der Waals surface area contributed by atoms with Crippen LogP contribution >= 0.6 is 0 Å². The summed E-state index contributed by atoms with van der Waals surface area (Å²) < 4.78 is 28.7. The van der Waals surface area contributed by atoms with Gasteiger partial charge in [0, 0.05) is 39.2 Å². The summed E-state index contributed by atoms with van der Waals surface area (Å²) in [4.78, 5) is 0. The zero-order chi connectivity index (χ0) is 13.4. The molecule has 0 saturated heterocycles. The molecular weight excluding hydrogens is 254 g/mol. The first-order valence-electron chi connectivity index (χ1n) is 5.91. The van der Waals surface area contributed by atoms with E-state index in [1.807, 2.05) is 12.3 Å². The highest BCUT2D eigenvalue weighted by Crippen LogP contribution is 1.98. The predicted octanol–water partition coefficient (Wildman–Crippen LogP) is 0.0538. The molecule has 7 heteroatoms. The standard InChI is InChI=1S/C11H21N3O3S/c1-17-8-5-12-10-11-4-7-14(13-11)6-3-9-18(2,15)16/h4,7,12H,3,5-6,8-10H2,1-2H3. The van der Waals surface area contributed by atoms with E-state index in [1.54, 1.807) is 11.8 Å². The van der Waals surface area contributed by atoms with Crippen LogP contribution in [0.1, 0.15) is 12.1 Å². The predicted molar refractivity (Wildman–Crippen MR) is 70.1 cm³/mol. The molecule has 18 heavy (non-hydrogen) atoms. The number of ether oxygens (including phenoxy) is 1. The fourth-order valence-electron chi connectivity index (χ4n) is 1.50. The molecule has 0 fully saturated rings. The lowest BCUT2D eigenvalue weighted by atomic mass is 10.4. The first kappa shape index (κ1) is 15.1. The van der Waals surface area contributed by atoms with Crippen LogP contribution in [0.25, 0.3) is 0 Å². The summed E-state index contributed by atoms with van der Waals surface area (Å²) in [7, 11) is -1.21. The third-order valence-electron chi connectivity index (χ3n) is 2.39. The average Bonchev–Trinajstić information content (AvgIpc) is 2.71. The van der Waals surface area contributed by atoms with E-state index in [1.165, 1.54) is 6.26 Å². The van der Waals surface area contributed by atoms with Crippen LogP contribution in [0.15, 0.2) is 12.3 Å². The van der Waals surface area contributed by atoms with Crippen molar-refractivity contribution in [2.24, 2.45) is 0 Å². The van der Waals surface area contributed by atoms with E-state index in [0.717, 1.165) is 12.2 Å². The molecule has 1 aromatic rings. The molecule has 1 heterocycles. The van der Waals surface area contributed by atoms with E-state index in [2.05, 4.69) is 10.4 Å². The number of aromatic nitrogens is 2. The van der Waals surface area contributed by atoms with Gasteiger partial charge in [-0.3, -0.25) is 4.68 Å². The summed E-state index contributed by atoms with van der Waals surface area (Å²) in [6.45, 7) is 2.79. The molecule has 0 amide bonds.